The van der Waals surface area contributed by atoms with Gasteiger partial charge in [0.05, 0.1) is 4.47 Å². The third-order valence-corrected chi connectivity index (χ3v) is 6.63. The molecule has 1 aliphatic rings. The monoisotopic (exact) mass is 519 g/mol. The van der Waals surface area contributed by atoms with Gasteiger partial charge in [0.1, 0.15) is 17.2 Å². The van der Waals surface area contributed by atoms with Gasteiger partial charge in [-0.25, -0.2) is 4.79 Å². The van der Waals surface area contributed by atoms with Gasteiger partial charge in [-0.3, -0.25) is 4.79 Å². The Morgan fingerprint density at radius 2 is 1.76 bits per heavy atom. The van der Waals surface area contributed by atoms with Gasteiger partial charge in [-0.15, -0.1) is 0 Å². The Hall–Kier alpha value is -3.38. The second-order valence-corrected chi connectivity index (χ2v) is 9.19. The van der Waals surface area contributed by atoms with Crippen LogP contribution in [0.5, 0.6) is 11.5 Å². The molecule has 1 amide bonds. The first-order valence-electron chi connectivity index (χ1n) is 11.3. The minimum absolute atomic E-state index is 0.143. The predicted molar refractivity (Wildman–Crippen MR) is 136 cm³/mol. The lowest BCUT2D eigenvalue weighted by atomic mass is 9.95. The first-order valence-corrected chi connectivity index (χ1v) is 12.1. The van der Waals surface area contributed by atoms with Crippen LogP contribution in [0.1, 0.15) is 48.3 Å². The summed E-state index contributed by atoms with van der Waals surface area (Å²) in [6, 6.07) is 23.0. The Morgan fingerprint density at radius 1 is 1.03 bits per heavy atom. The second-order valence-electron chi connectivity index (χ2n) is 8.34. The lowest BCUT2D eigenvalue weighted by molar-refractivity contribution is -0.134. The fourth-order valence-electron chi connectivity index (χ4n) is 4.27. The summed E-state index contributed by atoms with van der Waals surface area (Å²) in [4.78, 5) is 24.1. The van der Waals surface area contributed by atoms with Crippen molar-refractivity contribution in [2.24, 2.45) is 0 Å². The maximum Gasteiger partial charge on any atom is 0.352 e. The zero-order valence-corrected chi connectivity index (χ0v) is 20.3. The summed E-state index contributed by atoms with van der Waals surface area (Å²) < 4.78 is 6.68. The molecule has 0 bridgehead atoms. The van der Waals surface area contributed by atoms with Crippen LogP contribution in [-0.4, -0.2) is 17.0 Å². The Morgan fingerprint density at radius 3 is 2.53 bits per heavy atom. The van der Waals surface area contributed by atoms with Crippen LogP contribution in [0, 0.1) is 0 Å². The molecule has 174 valence electrons. The third kappa shape index (κ3) is 6.14. The quantitative estimate of drug-likeness (QED) is 0.309. The highest BCUT2D eigenvalue weighted by atomic mass is 79.9. The fourth-order valence-corrected chi connectivity index (χ4v) is 4.64. The normalized spacial score (nSPS) is 15.0. The molecular weight excluding hydrogens is 494 g/mol. The maximum absolute atomic E-state index is 12.4. The van der Waals surface area contributed by atoms with Crippen molar-refractivity contribution in [3.63, 3.8) is 0 Å². The molecule has 0 spiro atoms. The van der Waals surface area contributed by atoms with E-state index in [-0.39, 0.29) is 11.6 Å². The molecule has 34 heavy (non-hydrogen) atoms. The van der Waals surface area contributed by atoms with E-state index < -0.39 is 5.97 Å². The van der Waals surface area contributed by atoms with Gasteiger partial charge in [0, 0.05) is 6.42 Å². The number of carbonyl (C=O) groups excluding carboxylic acids is 1. The first kappa shape index (κ1) is 23.8. The van der Waals surface area contributed by atoms with Crippen LogP contribution in [0.3, 0.4) is 0 Å². The number of ether oxygens (including phenoxy) is 1. The van der Waals surface area contributed by atoms with Gasteiger partial charge in [-0.1, -0.05) is 48.5 Å². The number of carbonyl (C=O) groups is 2. The zero-order valence-electron chi connectivity index (χ0n) is 18.7. The van der Waals surface area contributed by atoms with E-state index in [1.807, 2.05) is 24.3 Å². The molecule has 1 atom stereocenters. The van der Waals surface area contributed by atoms with Crippen LogP contribution < -0.4 is 10.1 Å². The molecule has 1 aliphatic carbocycles. The SMILES string of the molecule is O=C(CCCC1CCc2ccccc21)NC(=Cc1ccc(Oc2ccccc2Br)cc1)C(=O)O. The van der Waals surface area contributed by atoms with Gasteiger partial charge in [-0.2, -0.15) is 0 Å². The van der Waals surface area contributed by atoms with Crippen LogP contribution in [0.25, 0.3) is 6.08 Å². The Bertz CT molecular complexity index is 1200. The van der Waals surface area contributed by atoms with E-state index in [2.05, 4.69) is 45.5 Å². The van der Waals surface area contributed by atoms with Crippen LogP contribution in [0.2, 0.25) is 0 Å². The summed E-state index contributed by atoms with van der Waals surface area (Å²) in [7, 11) is 0. The van der Waals surface area contributed by atoms with E-state index >= 15 is 0 Å². The second kappa shape index (κ2) is 11.2. The Kier molecular flexibility index (Phi) is 7.80. The molecule has 3 aromatic carbocycles. The number of halogens is 1. The number of carboxylic acids is 1. The summed E-state index contributed by atoms with van der Waals surface area (Å²) in [5.74, 6) is 0.333. The highest BCUT2D eigenvalue weighted by Gasteiger charge is 2.21. The molecule has 4 rings (SSSR count). The van der Waals surface area contributed by atoms with Crippen molar-refractivity contribution >= 4 is 33.9 Å². The molecule has 0 fully saturated rings. The molecule has 2 N–H and O–H groups in total. The molecule has 0 saturated heterocycles. The average Bonchev–Trinajstić information content (AvgIpc) is 3.24. The van der Waals surface area contributed by atoms with Crippen molar-refractivity contribution in [1.82, 2.24) is 5.32 Å². The molecule has 3 aromatic rings. The van der Waals surface area contributed by atoms with Crippen LogP contribution in [0.4, 0.5) is 0 Å². The number of carboxylic acid groups (broad SMARTS) is 1. The third-order valence-electron chi connectivity index (χ3n) is 5.97. The van der Waals surface area contributed by atoms with E-state index in [1.165, 1.54) is 17.2 Å². The molecule has 0 aliphatic heterocycles. The van der Waals surface area contributed by atoms with Gasteiger partial charge < -0.3 is 15.2 Å². The van der Waals surface area contributed by atoms with E-state index in [0.29, 0.717) is 29.4 Å². The van der Waals surface area contributed by atoms with Crippen molar-refractivity contribution in [3.05, 3.63) is 99.7 Å². The topological polar surface area (TPSA) is 75.6 Å². The lowest BCUT2D eigenvalue weighted by Crippen LogP contribution is -2.27. The molecule has 0 saturated carbocycles. The predicted octanol–water partition coefficient (Wildman–Crippen LogP) is 6.68. The largest absolute Gasteiger partial charge is 0.477 e. The van der Waals surface area contributed by atoms with E-state index in [1.54, 1.807) is 24.3 Å². The van der Waals surface area contributed by atoms with E-state index in [0.717, 1.165) is 30.2 Å². The van der Waals surface area contributed by atoms with Crippen molar-refractivity contribution in [2.45, 2.75) is 38.0 Å². The fraction of sp³-hybridized carbons (Fsp3) is 0.214. The number of para-hydroxylation sites is 1. The molecular formula is C28H26BrNO4. The van der Waals surface area contributed by atoms with Crippen LogP contribution >= 0.6 is 15.9 Å². The summed E-state index contributed by atoms with van der Waals surface area (Å²) in [6.45, 7) is 0. The molecule has 0 aromatic heterocycles. The number of fused-ring (bicyclic) bond motifs is 1. The zero-order chi connectivity index (χ0) is 23.9. The summed E-state index contributed by atoms with van der Waals surface area (Å²) in [5, 5.41) is 12.1. The van der Waals surface area contributed by atoms with Gasteiger partial charge in [0.25, 0.3) is 0 Å². The number of amides is 1. The minimum Gasteiger partial charge on any atom is -0.477 e. The standard InChI is InChI=1S/C28H26BrNO4/c29-24-9-3-4-10-26(24)34-22-16-12-19(13-17-22)18-25(28(32)33)30-27(31)11-5-7-21-15-14-20-6-1-2-8-23(20)21/h1-4,6,8-10,12-13,16-18,21H,5,7,11,14-15H2,(H,30,31)(H,32,33). The van der Waals surface area contributed by atoms with Crippen molar-refractivity contribution in [3.8, 4) is 11.5 Å². The van der Waals surface area contributed by atoms with Gasteiger partial charge >= 0.3 is 5.97 Å². The Labute approximate surface area is 207 Å². The lowest BCUT2D eigenvalue weighted by Gasteiger charge is -2.11. The van der Waals surface area contributed by atoms with Gasteiger partial charge in [0.2, 0.25) is 5.91 Å². The van der Waals surface area contributed by atoms with Gasteiger partial charge in [-0.05, 0) is 94.6 Å². The smallest absolute Gasteiger partial charge is 0.352 e. The molecule has 6 heteroatoms. The van der Waals surface area contributed by atoms with Gasteiger partial charge in [0.15, 0.2) is 0 Å². The molecule has 0 heterocycles. The van der Waals surface area contributed by atoms with Crippen molar-refractivity contribution < 1.29 is 19.4 Å². The number of rotatable bonds is 9. The average molecular weight is 520 g/mol. The van der Waals surface area contributed by atoms with Crippen LogP contribution in [-0.2, 0) is 16.0 Å². The summed E-state index contributed by atoms with van der Waals surface area (Å²) in [6.07, 6.45) is 5.60. The van der Waals surface area contributed by atoms with Crippen molar-refractivity contribution in [1.29, 1.82) is 0 Å². The number of hydrogen-bond donors (Lipinski definition) is 2. The maximum atomic E-state index is 12.4. The number of nitrogens with one attached hydrogen (secondary N) is 1. The number of aryl methyl sites for hydroxylation is 1. The molecule has 0 radical (unpaired) electrons. The first-order chi connectivity index (χ1) is 16.5. The minimum atomic E-state index is -1.17. The number of benzene rings is 3. The highest BCUT2D eigenvalue weighted by molar-refractivity contribution is 9.10. The Balaban J connectivity index is 1.32. The summed E-state index contributed by atoms with van der Waals surface area (Å²) in [5.41, 5.74) is 3.30. The summed E-state index contributed by atoms with van der Waals surface area (Å²) >= 11 is 3.44. The van der Waals surface area contributed by atoms with Crippen LogP contribution in [0.15, 0.2) is 83.0 Å². The van der Waals surface area contributed by atoms with Crippen molar-refractivity contribution in [2.75, 3.05) is 0 Å². The molecule has 5 nitrogen and oxygen atoms in total. The number of hydrogen-bond acceptors (Lipinski definition) is 3. The van der Waals surface area contributed by atoms with E-state index in [9.17, 15) is 14.7 Å². The highest BCUT2D eigenvalue weighted by Crippen LogP contribution is 2.36. The number of aliphatic carboxylic acids is 1. The molecule has 1 unspecified atom stereocenters. The van der Waals surface area contributed by atoms with E-state index in [4.69, 9.17) is 4.74 Å².